The third-order valence-electron chi connectivity index (χ3n) is 4.18. The normalized spacial score (nSPS) is 16.1. The van der Waals surface area contributed by atoms with E-state index in [2.05, 4.69) is 53.4 Å². The lowest BCUT2D eigenvalue weighted by atomic mass is 10.0. The van der Waals surface area contributed by atoms with Crippen molar-refractivity contribution in [3.63, 3.8) is 0 Å². The number of benzene rings is 2. The van der Waals surface area contributed by atoms with Crippen LogP contribution >= 0.6 is 0 Å². The van der Waals surface area contributed by atoms with Crippen LogP contribution in [0, 0.1) is 0 Å². The Morgan fingerprint density at radius 3 is 2.41 bits per heavy atom. The molecule has 1 aliphatic heterocycles. The Morgan fingerprint density at radius 2 is 1.68 bits per heavy atom. The monoisotopic (exact) mass is 311 g/mol. The summed E-state index contributed by atoms with van der Waals surface area (Å²) in [6.45, 7) is 0. The minimum absolute atomic E-state index is 0. The molecule has 0 unspecified atom stereocenters. The highest BCUT2D eigenvalue weighted by atomic mass is 35.5. The van der Waals surface area contributed by atoms with Crippen molar-refractivity contribution in [1.29, 1.82) is 0 Å². The fraction of sp³-hybridized carbons (Fsp3) is 0.222. The molecule has 4 rings (SSSR count). The molecule has 2 aromatic carbocycles. The molecule has 0 fully saturated rings. The number of para-hydroxylation sites is 1. The van der Waals surface area contributed by atoms with Crippen LogP contribution in [0.3, 0.4) is 0 Å². The first kappa shape index (κ1) is 14.8. The van der Waals surface area contributed by atoms with Gasteiger partial charge in [-0.15, -0.1) is 0 Å². The molecular formula is C18H18ClN3. The molecule has 0 radical (unpaired) electrons. The van der Waals surface area contributed by atoms with Gasteiger partial charge < -0.3 is 12.4 Å². The largest absolute Gasteiger partial charge is 1.00 e. The highest BCUT2D eigenvalue weighted by Gasteiger charge is 2.31. The number of fused-ring (bicyclic) bond motifs is 1. The lowest BCUT2D eigenvalue weighted by molar-refractivity contribution is -0.716. The first-order valence-corrected chi connectivity index (χ1v) is 7.49. The topological polar surface area (TPSA) is 21.7 Å². The molecule has 0 amide bonds. The van der Waals surface area contributed by atoms with E-state index in [1.54, 1.807) is 0 Å². The minimum atomic E-state index is 0. The average molecular weight is 312 g/mol. The zero-order chi connectivity index (χ0) is 14.1. The van der Waals surface area contributed by atoms with Crippen molar-refractivity contribution in [2.75, 3.05) is 0 Å². The molecular weight excluding hydrogens is 294 g/mol. The van der Waals surface area contributed by atoms with E-state index < -0.39 is 0 Å². The maximum atomic E-state index is 4.73. The number of rotatable bonds is 3. The number of hydrogen-bond donors (Lipinski definition) is 0. The molecule has 1 aromatic heterocycles. The predicted molar refractivity (Wildman–Crippen MR) is 81.3 cm³/mol. The van der Waals surface area contributed by atoms with Crippen LogP contribution in [-0.2, 0) is 12.8 Å². The van der Waals surface area contributed by atoms with Gasteiger partial charge in [-0.2, -0.15) is 0 Å². The Labute approximate surface area is 136 Å². The third kappa shape index (κ3) is 2.77. The highest BCUT2D eigenvalue weighted by Crippen LogP contribution is 2.21. The van der Waals surface area contributed by atoms with Gasteiger partial charge in [0.25, 0.3) is 5.82 Å². The predicted octanol–water partition coefficient (Wildman–Crippen LogP) is -0.106. The van der Waals surface area contributed by atoms with Gasteiger partial charge in [0, 0.05) is 17.9 Å². The zero-order valence-electron chi connectivity index (χ0n) is 12.3. The summed E-state index contributed by atoms with van der Waals surface area (Å²) in [5.41, 5.74) is 2.52. The van der Waals surface area contributed by atoms with Crippen LogP contribution in [-0.4, -0.2) is 9.78 Å². The van der Waals surface area contributed by atoms with Crippen LogP contribution in [0.4, 0.5) is 0 Å². The first-order chi connectivity index (χ1) is 10.4. The summed E-state index contributed by atoms with van der Waals surface area (Å²) in [6, 6.07) is 21.6. The molecule has 3 nitrogen and oxygen atoms in total. The molecule has 2 heterocycles. The van der Waals surface area contributed by atoms with Crippen LogP contribution in [0.2, 0.25) is 0 Å². The first-order valence-electron chi connectivity index (χ1n) is 7.49. The number of halogens is 1. The minimum Gasteiger partial charge on any atom is -1.00 e. The van der Waals surface area contributed by atoms with E-state index in [4.69, 9.17) is 5.10 Å². The molecule has 3 aromatic rings. The van der Waals surface area contributed by atoms with Gasteiger partial charge in [0.2, 0.25) is 6.33 Å². The van der Waals surface area contributed by atoms with Gasteiger partial charge in [0.05, 0.1) is 6.04 Å². The number of nitrogens with zero attached hydrogens (tertiary/aromatic N) is 3. The maximum absolute atomic E-state index is 4.73. The molecule has 0 saturated heterocycles. The van der Waals surface area contributed by atoms with Gasteiger partial charge >= 0.3 is 0 Å². The average Bonchev–Trinajstić information content (AvgIpc) is 3.11. The highest BCUT2D eigenvalue weighted by molar-refractivity contribution is 5.29. The fourth-order valence-corrected chi connectivity index (χ4v) is 3.10. The van der Waals surface area contributed by atoms with E-state index in [-0.39, 0.29) is 12.4 Å². The second-order valence-corrected chi connectivity index (χ2v) is 5.60. The number of aromatic nitrogens is 3. The second kappa shape index (κ2) is 6.32. The molecule has 1 aliphatic rings. The molecule has 112 valence electrons. The molecule has 0 saturated carbocycles. The Hall–Kier alpha value is -2.13. The molecule has 0 N–H and O–H groups in total. The van der Waals surface area contributed by atoms with Crippen molar-refractivity contribution >= 4 is 0 Å². The van der Waals surface area contributed by atoms with Gasteiger partial charge in [0.15, 0.2) is 0 Å². The Morgan fingerprint density at radius 1 is 1.00 bits per heavy atom. The smallest absolute Gasteiger partial charge is 0.278 e. The van der Waals surface area contributed by atoms with Gasteiger partial charge in [-0.3, -0.25) is 0 Å². The number of hydrogen-bond acceptors (Lipinski definition) is 1. The van der Waals surface area contributed by atoms with Crippen molar-refractivity contribution in [1.82, 2.24) is 9.78 Å². The van der Waals surface area contributed by atoms with Crippen LogP contribution < -0.4 is 17.0 Å². The van der Waals surface area contributed by atoms with Gasteiger partial charge in [0.1, 0.15) is 5.69 Å². The Kier molecular flexibility index (Phi) is 4.25. The summed E-state index contributed by atoms with van der Waals surface area (Å²) < 4.78 is 4.34. The van der Waals surface area contributed by atoms with Crippen LogP contribution in [0.25, 0.3) is 5.69 Å². The van der Waals surface area contributed by atoms with Crippen molar-refractivity contribution in [2.24, 2.45) is 0 Å². The van der Waals surface area contributed by atoms with E-state index in [0.717, 1.165) is 18.5 Å². The summed E-state index contributed by atoms with van der Waals surface area (Å²) in [5.74, 6) is 1.19. The lowest BCUT2D eigenvalue weighted by Crippen LogP contribution is -3.00. The molecule has 0 aliphatic carbocycles. The lowest BCUT2D eigenvalue weighted by Gasteiger charge is -2.08. The van der Waals surface area contributed by atoms with Crippen molar-refractivity contribution in [2.45, 2.75) is 25.3 Å². The summed E-state index contributed by atoms with van der Waals surface area (Å²) in [7, 11) is 0. The van der Waals surface area contributed by atoms with Crippen molar-refractivity contribution < 1.29 is 17.0 Å². The molecule has 22 heavy (non-hydrogen) atoms. The standard InChI is InChI=1S/C18H18N3.ClH/c1-3-7-15(8-4-1)13-17-11-12-18-19-21(14-20(17)18)16-9-5-2-6-10-16;/h1-10,14,17H,11-13H2;1H/q+1;/p-1/t17-;/m1./s1. The molecule has 1 atom stereocenters. The SMILES string of the molecule is [Cl-].c1ccc(C[C@H]2CCc3nn(-c4ccccc4)c[n+]32)cc1. The van der Waals surface area contributed by atoms with E-state index in [0.29, 0.717) is 6.04 Å². The Balaban J connectivity index is 0.00000144. The van der Waals surface area contributed by atoms with E-state index in [1.807, 2.05) is 22.9 Å². The van der Waals surface area contributed by atoms with Gasteiger partial charge in [-0.1, -0.05) is 53.2 Å². The second-order valence-electron chi connectivity index (χ2n) is 5.60. The third-order valence-corrected chi connectivity index (χ3v) is 4.18. The van der Waals surface area contributed by atoms with Crippen molar-refractivity contribution in [3.8, 4) is 5.69 Å². The van der Waals surface area contributed by atoms with E-state index in [1.165, 1.54) is 17.8 Å². The summed E-state index contributed by atoms with van der Waals surface area (Å²) in [5, 5.41) is 4.73. The molecule has 0 spiro atoms. The number of aryl methyl sites for hydroxylation is 1. The van der Waals surface area contributed by atoms with Crippen molar-refractivity contribution in [3.05, 3.63) is 78.4 Å². The Bertz CT molecular complexity index is 738. The summed E-state index contributed by atoms with van der Waals surface area (Å²) in [6.07, 6.45) is 5.48. The van der Waals surface area contributed by atoms with Gasteiger partial charge in [-0.05, 0) is 24.1 Å². The summed E-state index contributed by atoms with van der Waals surface area (Å²) in [4.78, 5) is 0. The molecule has 4 heteroatoms. The fourth-order valence-electron chi connectivity index (χ4n) is 3.10. The quantitative estimate of drug-likeness (QED) is 0.619. The maximum Gasteiger partial charge on any atom is 0.278 e. The zero-order valence-corrected chi connectivity index (χ0v) is 13.0. The summed E-state index contributed by atoms with van der Waals surface area (Å²) >= 11 is 0. The van der Waals surface area contributed by atoms with Crippen LogP contribution in [0.5, 0.6) is 0 Å². The van der Waals surface area contributed by atoms with Gasteiger partial charge in [-0.25, -0.2) is 4.57 Å². The van der Waals surface area contributed by atoms with Crippen LogP contribution in [0.15, 0.2) is 67.0 Å². The van der Waals surface area contributed by atoms with E-state index in [9.17, 15) is 0 Å². The van der Waals surface area contributed by atoms with Crippen LogP contribution in [0.1, 0.15) is 23.9 Å². The molecule has 0 bridgehead atoms. The van der Waals surface area contributed by atoms with E-state index >= 15 is 0 Å².